The Morgan fingerprint density at radius 3 is 2.53 bits per heavy atom. The van der Waals surface area contributed by atoms with E-state index < -0.39 is 12.0 Å². The van der Waals surface area contributed by atoms with Crippen LogP contribution in [0.1, 0.15) is 24.2 Å². The van der Waals surface area contributed by atoms with Gasteiger partial charge in [0.25, 0.3) is 0 Å². The van der Waals surface area contributed by atoms with Crippen LogP contribution in [0.5, 0.6) is 6.01 Å². The smallest absolute Gasteiger partial charge is 0.330 e. The molecular weight excluding hydrogens is 220 g/mol. The van der Waals surface area contributed by atoms with E-state index in [1.165, 1.54) is 0 Å². The molecule has 0 unspecified atom stereocenters. The molecule has 6 heteroatoms. The number of nitrogens with two attached hydrogens (primary N) is 2. The molecule has 0 aromatic carbocycles. The highest BCUT2D eigenvalue weighted by atomic mass is 16.5. The van der Waals surface area contributed by atoms with Gasteiger partial charge in [-0.05, 0) is 39.3 Å². The van der Waals surface area contributed by atoms with Crippen molar-refractivity contribution in [3.63, 3.8) is 0 Å². The molecule has 0 aliphatic rings. The molecule has 0 spiro atoms. The lowest BCUT2D eigenvalue weighted by Crippen LogP contribution is -2.35. The average molecular weight is 238 g/mol. The maximum atomic E-state index is 11.6. The fraction of sp³-hybridized carbons (Fsp3) is 0.545. The van der Waals surface area contributed by atoms with Crippen LogP contribution in [0.2, 0.25) is 0 Å². The zero-order valence-corrected chi connectivity index (χ0v) is 10.1. The summed E-state index contributed by atoms with van der Waals surface area (Å²) in [5, 5.41) is 0. The first kappa shape index (κ1) is 13.5. The van der Waals surface area contributed by atoms with Gasteiger partial charge in [0.2, 0.25) is 0 Å². The highest BCUT2D eigenvalue weighted by molar-refractivity contribution is 5.77. The molecule has 0 amide bonds. The quantitative estimate of drug-likeness (QED) is 0.703. The Kier molecular flexibility index (Phi) is 4.99. The van der Waals surface area contributed by atoms with E-state index in [9.17, 15) is 4.79 Å². The molecule has 0 aliphatic heterocycles. The number of nitrogens with zero attached hydrogens (tertiary/aromatic N) is 2. The van der Waals surface area contributed by atoms with Crippen molar-refractivity contribution in [1.82, 2.24) is 9.97 Å². The monoisotopic (exact) mass is 238 g/mol. The molecule has 17 heavy (non-hydrogen) atoms. The summed E-state index contributed by atoms with van der Waals surface area (Å²) in [5.74, 6) is -0.525. The molecule has 1 heterocycles. The molecule has 0 bridgehead atoms. The van der Waals surface area contributed by atoms with Crippen molar-refractivity contribution >= 4 is 5.97 Å². The van der Waals surface area contributed by atoms with Gasteiger partial charge in [-0.1, -0.05) is 0 Å². The largest absolute Gasteiger partial charge is 0.390 e. The zero-order valence-electron chi connectivity index (χ0n) is 10.1. The fourth-order valence-corrected chi connectivity index (χ4v) is 1.36. The Morgan fingerprint density at radius 2 is 2.00 bits per heavy atom. The molecule has 1 atom stereocenters. The molecule has 1 aromatic heterocycles. The number of hydrogen-bond acceptors (Lipinski definition) is 6. The molecule has 1 rings (SSSR count). The SMILES string of the molecule is Cc1cc(C)nc(OC(=O)[C@@H](N)CCCN)n1. The molecule has 0 saturated carbocycles. The number of ether oxygens (including phenoxy) is 1. The van der Waals surface area contributed by atoms with Gasteiger partial charge in [0.15, 0.2) is 0 Å². The lowest BCUT2D eigenvalue weighted by molar-refractivity contribution is -0.136. The van der Waals surface area contributed by atoms with Crippen molar-refractivity contribution in [2.45, 2.75) is 32.7 Å². The molecule has 4 N–H and O–H groups in total. The van der Waals surface area contributed by atoms with Crippen LogP contribution in [0.15, 0.2) is 6.07 Å². The lowest BCUT2D eigenvalue weighted by atomic mass is 10.2. The number of rotatable bonds is 5. The third-order valence-corrected chi connectivity index (χ3v) is 2.18. The summed E-state index contributed by atoms with van der Waals surface area (Å²) in [6, 6.07) is 1.17. The van der Waals surface area contributed by atoms with E-state index >= 15 is 0 Å². The first-order valence-electron chi connectivity index (χ1n) is 5.52. The highest BCUT2D eigenvalue weighted by Gasteiger charge is 2.16. The summed E-state index contributed by atoms with van der Waals surface area (Å²) in [5.41, 5.74) is 12.5. The lowest BCUT2D eigenvalue weighted by Gasteiger charge is -2.09. The van der Waals surface area contributed by atoms with Gasteiger partial charge in [-0.2, -0.15) is 0 Å². The minimum atomic E-state index is -0.678. The second-order valence-corrected chi connectivity index (χ2v) is 3.89. The normalized spacial score (nSPS) is 12.2. The Morgan fingerprint density at radius 1 is 1.41 bits per heavy atom. The third-order valence-electron chi connectivity index (χ3n) is 2.18. The minimum absolute atomic E-state index is 0.0516. The molecular formula is C11H18N4O2. The van der Waals surface area contributed by atoms with E-state index in [0.29, 0.717) is 19.4 Å². The van der Waals surface area contributed by atoms with Crippen molar-refractivity contribution in [2.24, 2.45) is 11.5 Å². The topological polar surface area (TPSA) is 104 Å². The maximum Gasteiger partial charge on any atom is 0.330 e. The predicted octanol–water partition coefficient (Wildman–Crippen LogP) is 0.0650. The van der Waals surface area contributed by atoms with Gasteiger partial charge in [-0.15, -0.1) is 0 Å². The van der Waals surface area contributed by atoms with Gasteiger partial charge in [-0.25, -0.2) is 14.8 Å². The van der Waals surface area contributed by atoms with Crippen LogP contribution in [-0.4, -0.2) is 28.5 Å². The van der Waals surface area contributed by atoms with E-state index in [2.05, 4.69) is 9.97 Å². The summed E-state index contributed by atoms with van der Waals surface area (Å²) in [4.78, 5) is 19.6. The second kappa shape index (κ2) is 6.27. The number of aryl methyl sites for hydroxylation is 2. The van der Waals surface area contributed by atoms with Gasteiger partial charge >= 0.3 is 12.0 Å². The number of aromatic nitrogens is 2. The van der Waals surface area contributed by atoms with E-state index in [4.69, 9.17) is 16.2 Å². The van der Waals surface area contributed by atoms with Crippen molar-refractivity contribution in [1.29, 1.82) is 0 Å². The van der Waals surface area contributed by atoms with Gasteiger partial charge in [0.05, 0.1) is 0 Å². The molecule has 1 aromatic rings. The van der Waals surface area contributed by atoms with Crippen LogP contribution in [-0.2, 0) is 4.79 Å². The molecule has 0 fully saturated rings. The number of carbonyl (C=O) groups excluding carboxylic acids is 1. The first-order valence-corrected chi connectivity index (χ1v) is 5.52. The van der Waals surface area contributed by atoms with Crippen LogP contribution in [0.3, 0.4) is 0 Å². The summed E-state index contributed by atoms with van der Waals surface area (Å²) in [7, 11) is 0. The first-order chi connectivity index (χ1) is 8.02. The zero-order chi connectivity index (χ0) is 12.8. The highest BCUT2D eigenvalue weighted by Crippen LogP contribution is 2.07. The van der Waals surface area contributed by atoms with Gasteiger partial charge in [0.1, 0.15) is 6.04 Å². The molecule has 0 radical (unpaired) electrons. The van der Waals surface area contributed by atoms with Gasteiger partial charge in [0, 0.05) is 11.4 Å². The Balaban J connectivity index is 2.61. The van der Waals surface area contributed by atoms with Gasteiger partial charge < -0.3 is 16.2 Å². The van der Waals surface area contributed by atoms with E-state index in [0.717, 1.165) is 11.4 Å². The van der Waals surface area contributed by atoms with Crippen molar-refractivity contribution in [3.05, 3.63) is 17.5 Å². The molecule has 94 valence electrons. The number of hydrogen-bond donors (Lipinski definition) is 2. The van der Waals surface area contributed by atoms with Crippen LogP contribution >= 0.6 is 0 Å². The Bertz CT molecular complexity index is 375. The standard InChI is InChI=1S/C11H18N4O2/c1-7-6-8(2)15-11(14-7)17-10(16)9(13)4-3-5-12/h6,9H,3-5,12-13H2,1-2H3/t9-/m0/s1. The predicted molar refractivity (Wildman–Crippen MR) is 63.4 cm³/mol. The third kappa shape index (κ3) is 4.46. The average Bonchev–Trinajstić information content (AvgIpc) is 2.24. The van der Waals surface area contributed by atoms with Crippen molar-refractivity contribution in [3.8, 4) is 6.01 Å². The van der Waals surface area contributed by atoms with E-state index in [1.54, 1.807) is 19.9 Å². The summed E-state index contributed by atoms with van der Waals surface area (Å²) >= 11 is 0. The summed E-state index contributed by atoms with van der Waals surface area (Å²) < 4.78 is 5.01. The second-order valence-electron chi connectivity index (χ2n) is 3.89. The Labute approximate surface area is 100 Å². The van der Waals surface area contributed by atoms with Crippen molar-refractivity contribution < 1.29 is 9.53 Å². The van der Waals surface area contributed by atoms with Crippen LogP contribution in [0.4, 0.5) is 0 Å². The molecule has 0 aliphatic carbocycles. The van der Waals surface area contributed by atoms with Gasteiger partial charge in [-0.3, -0.25) is 0 Å². The van der Waals surface area contributed by atoms with Crippen LogP contribution in [0.25, 0.3) is 0 Å². The number of esters is 1. The van der Waals surface area contributed by atoms with Crippen molar-refractivity contribution in [2.75, 3.05) is 6.54 Å². The minimum Gasteiger partial charge on any atom is -0.390 e. The maximum absolute atomic E-state index is 11.6. The number of carbonyl (C=O) groups is 1. The fourth-order valence-electron chi connectivity index (χ4n) is 1.36. The molecule has 6 nitrogen and oxygen atoms in total. The van der Waals surface area contributed by atoms with Crippen LogP contribution in [0, 0.1) is 13.8 Å². The summed E-state index contributed by atoms with van der Waals surface area (Å²) in [6.45, 7) is 4.11. The van der Waals surface area contributed by atoms with E-state index in [1.807, 2.05) is 0 Å². The Hall–Kier alpha value is -1.53. The van der Waals surface area contributed by atoms with E-state index in [-0.39, 0.29) is 6.01 Å². The summed E-state index contributed by atoms with van der Waals surface area (Å²) in [6.07, 6.45) is 1.18. The molecule has 0 saturated heterocycles. The van der Waals surface area contributed by atoms with Crippen LogP contribution < -0.4 is 16.2 Å².